The van der Waals surface area contributed by atoms with Crippen molar-refractivity contribution in [1.82, 2.24) is 4.90 Å². The van der Waals surface area contributed by atoms with Gasteiger partial charge in [-0.1, -0.05) is 29.5 Å². The van der Waals surface area contributed by atoms with Gasteiger partial charge in [0.2, 0.25) is 11.8 Å². The Kier molecular flexibility index (Phi) is 8.01. The van der Waals surface area contributed by atoms with Gasteiger partial charge >= 0.3 is 0 Å². The number of amidine groups is 1. The molecule has 1 aliphatic rings. The molecule has 1 N–H and O–H groups in total. The van der Waals surface area contributed by atoms with Crippen molar-refractivity contribution < 1.29 is 24.0 Å². The van der Waals surface area contributed by atoms with Crippen molar-refractivity contribution in [2.75, 3.05) is 32.7 Å². The van der Waals surface area contributed by atoms with Crippen LogP contribution in [0, 0.1) is 17.0 Å². The van der Waals surface area contributed by atoms with Crippen LogP contribution in [0.3, 0.4) is 0 Å². The summed E-state index contributed by atoms with van der Waals surface area (Å²) < 4.78 is 10.1. The molecule has 10 nitrogen and oxygen atoms in total. The Hall–Kier alpha value is -3.44. The van der Waals surface area contributed by atoms with E-state index in [1.165, 1.54) is 49.1 Å². The molecule has 1 heterocycles. The summed E-state index contributed by atoms with van der Waals surface area (Å²) >= 11 is 1.19. The summed E-state index contributed by atoms with van der Waals surface area (Å²) in [7, 11) is 2.93. The summed E-state index contributed by atoms with van der Waals surface area (Å²) in [6.45, 7) is 2.59. The lowest BCUT2D eigenvalue weighted by atomic mass is 10.2. The molecule has 0 unspecified atom stereocenters. The van der Waals surface area contributed by atoms with Gasteiger partial charge in [0.1, 0.15) is 16.7 Å². The molecule has 0 bridgehead atoms. The summed E-state index contributed by atoms with van der Waals surface area (Å²) in [4.78, 5) is 42.5. The number of methoxy groups -OCH3 is 2. The van der Waals surface area contributed by atoms with Gasteiger partial charge in [0.25, 0.3) is 5.69 Å². The van der Waals surface area contributed by atoms with E-state index in [-0.39, 0.29) is 23.7 Å². The van der Waals surface area contributed by atoms with Gasteiger partial charge in [-0.25, -0.2) is 4.99 Å². The SMILES string of the molecule is COCCN1C(=O)[C@H](CC(=O)Nc2ccc(OC)cc2[N+](=O)[O-])SC1=Nc1ccc(C)cc1. The number of nitro benzene ring substituents is 1. The van der Waals surface area contributed by atoms with Crippen LogP contribution < -0.4 is 10.1 Å². The molecule has 2 aromatic carbocycles. The van der Waals surface area contributed by atoms with E-state index in [1.807, 2.05) is 31.2 Å². The highest BCUT2D eigenvalue weighted by atomic mass is 32.2. The Bertz CT molecular complexity index is 1070. The first-order valence-corrected chi connectivity index (χ1v) is 10.9. The molecular weight excluding hydrogens is 448 g/mol. The maximum absolute atomic E-state index is 13.0. The van der Waals surface area contributed by atoms with E-state index in [1.54, 1.807) is 0 Å². The molecule has 11 heteroatoms. The number of carbonyl (C=O) groups is 2. The summed E-state index contributed by atoms with van der Waals surface area (Å²) in [5, 5.41) is 13.7. The number of benzene rings is 2. The molecule has 0 aromatic heterocycles. The molecule has 0 spiro atoms. The number of anilines is 1. The average Bonchev–Trinajstić information content (AvgIpc) is 3.07. The lowest BCUT2D eigenvalue weighted by molar-refractivity contribution is -0.384. The third-order valence-electron chi connectivity index (χ3n) is 4.84. The van der Waals surface area contributed by atoms with E-state index in [9.17, 15) is 19.7 Å². The lowest BCUT2D eigenvalue weighted by Crippen LogP contribution is -2.35. The number of nitro groups is 1. The van der Waals surface area contributed by atoms with Crippen molar-refractivity contribution in [2.45, 2.75) is 18.6 Å². The van der Waals surface area contributed by atoms with Gasteiger partial charge in [-0.2, -0.15) is 0 Å². The van der Waals surface area contributed by atoms with E-state index in [2.05, 4.69) is 10.3 Å². The second kappa shape index (κ2) is 10.9. The Labute approximate surface area is 195 Å². The maximum atomic E-state index is 13.0. The highest BCUT2D eigenvalue weighted by Crippen LogP contribution is 2.33. The first-order chi connectivity index (χ1) is 15.8. The molecule has 0 radical (unpaired) electrons. The molecule has 1 aliphatic heterocycles. The minimum atomic E-state index is -0.705. The molecule has 0 aliphatic carbocycles. The fraction of sp³-hybridized carbons (Fsp3) is 0.318. The predicted octanol–water partition coefficient (Wildman–Crippen LogP) is 3.52. The minimum absolute atomic E-state index is 0.0334. The van der Waals surface area contributed by atoms with E-state index in [0.29, 0.717) is 29.8 Å². The smallest absolute Gasteiger partial charge is 0.296 e. The fourth-order valence-corrected chi connectivity index (χ4v) is 4.29. The molecule has 1 saturated heterocycles. The van der Waals surface area contributed by atoms with E-state index < -0.39 is 16.1 Å². The van der Waals surface area contributed by atoms with E-state index >= 15 is 0 Å². The number of aliphatic imine (C=N–C) groups is 1. The van der Waals surface area contributed by atoms with Gasteiger partial charge in [0.05, 0.1) is 36.9 Å². The zero-order valence-electron chi connectivity index (χ0n) is 18.4. The number of nitrogens with zero attached hydrogens (tertiary/aromatic N) is 3. The zero-order chi connectivity index (χ0) is 24.0. The van der Waals surface area contributed by atoms with Crippen LogP contribution in [-0.2, 0) is 14.3 Å². The highest BCUT2D eigenvalue weighted by Gasteiger charge is 2.39. The maximum Gasteiger partial charge on any atom is 0.296 e. The minimum Gasteiger partial charge on any atom is -0.496 e. The Balaban J connectivity index is 1.76. The fourth-order valence-electron chi connectivity index (χ4n) is 3.11. The van der Waals surface area contributed by atoms with Crippen molar-refractivity contribution >= 4 is 45.8 Å². The van der Waals surface area contributed by atoms with E-state index in [4.69, 9.17) is 9.47 Å². The Morgan fingerprint density at radius 2 is 1.97 bits per heavy atom. The second-order valence-electron chi connectivity index (χ2n) is 7.21. The first kappa shape index (κ1) is 24.2. The van der Waals surface area contributed by atoms with Crippen LogP contribution in [-0.4, -0.2) is 59.4 Å². The molecular formula is C22H24N4O6S. The van der Waals surface area contributed by atoms with Crippen LogP contribution in [0.4, 0.5) is 17.1 Å². The third-order valence-corrected chi connectivity index (χ3v) is 6.02. The van der Waals surface area contributed by atoms with Gasteiger partial charge in [-0.3, -0.25) is 24.6 Å². The quantitative estimate of drug-likeness (QED) is 0.437. The largest absolute Gasteiger partial charge is 0.496 e. The molecule has 33 heavy (non-hydrogen) atoms. The predicted molar refractivity (Wildman–Crippen MR) is 126 cm³/mol. The van der Waals surface area contributed by atoms with Crippen LogP contribution in [0.1, 0.15) is 12.0 Å². The number of aryl methyl sites for hydroxylation is 1. The van der Waals surface area contributed by atoms with E-state index in [0.717, 1.165) is 5.56 Å². The number of amides is 2. The summed E-state index contributed by atoms with van der Waals surface area (Å²) in [5.74, 6) is -0.480. The topological polar surface area (TPSA) is 123 Å². The van der Waals surface area contributed by atoms with Crippen LogP contribution in [0.5, 0.6) is 5.75 Å². The van der Waals surface area contributed by atoms with Crippen LogP contribution in [0.2, 0.25) is 0 Å². The van der Waals surface area contributed by atoms with Crippen molar-refractivity contribution in [1.29, 1.82) is 0 Å². The number of rotatable bonds is 9. The number of nitrogens with one attached hydrogen (secondary N) is 1. The number of hydrogen-bond acceptors (Lipinski definition) is 8. The monoisotopic (exact) mass is 472 g/mol. The normalized spacial score (nSPS) is 16.8. The molecule has 174 valence electrons. The molecule has 1 atom stereocenters. The molecule has 2 amide bonds. The van der Waals surface area contributed by atoms with Crippen molar-refractivity contribution in [3.8, 4) is 5.75 Å². The van der Waals surface area contributed by atoms with Crippen LogP contribution in [0.25, 0.3) is 0 Å². The van der Waals surface area contributed by atoms with Crippen LogP contribution in [0.15, 0.2) is 47.5 Å². The zero-order valence-corrected chi connectivity index (χ0v) is 19.3. The van der Waals surface area contributed by atoms with Gasteiger partial charge in [-0.15, -0.1) is 0 Å². The summed E-state index contributed by atoms with van der Waals surface area (Å²) in [6, 6.07) is 11.7. The van der Waals surface area contributed by atoms with Gasteiger partial charge in [-0.05, 0) is 31.2 Å². The molecule has 2 aromatic rings. The summed E-state index contributed by atoms with van der Waals surface area (Å²) in [5.41, 5.74) is 1.52. The number of thioether (sulfide) groups is 1. The standard InChI is InChI=1S/C22H24N4O6S/c1-14-4-6-15(7-5-14)23-22-25(10-11-31-2)21(28)19(33-22)13-20(27)24-17-9-8-16(32-3)12-18(17)26(29)30/h4-9,12,19H,10-11,13H2,1-3H3,(H,24,27)/t19-/m0/s1. The lowest BCUT2D eigenvalue weighted by Gasteiger charge is -2.15. The van der Waals surface area contributed by atoms with Gasteiger partial charge < -0.3 is 14.8 Å². The third kappa shape index (κ3) is 6.08. The number of ether oxygens (including phenoxy) is 2. The first-order valence-electron chi connectivity index (χ1n) is 10.1. The van der Waals surface area contributed by atoms with Crippen molar-refractivity contribution in [2.24, 2.45) is 4.99 Å². The second-order valence-corrected chi connectivity index (χ2v) is 8.38. The summed E-state index contributed by atoms with van der Waals surface area (Å²) in [6.07, 6.45) is -0.164. The van der Waals surface area contributed by atoms with Crippen LogP contribution >= 0.6 is 11.8 Å². The highest BCUT2D eigenvalue weighted by molar-refractivity contribution is 8.15. The van der Waals surface area contributed by atoms with Crippen molar-refractivity contribution in [3.05, 3.63) is 58.1 Å². The molecule has 3 rings (SSSR count). The molecule has 1 fully saturated rings. The Morgan fingerprint density at radius 3 is 2.61 bits per heavy atom. The van der Waals surface area contributed by atoms with Gasteiger partial charge in [0, 0.05) is 13.5 Å². The average molecular weight is 473 g/mol. The number of carbonyl (C=O) groups excluding carboxylic acids is 2. The Morgan fingerprint density at radius 1 is 1.24 bits per heavy atom. The number of hydrogen-bond donors (Lipinski definition) is 1. The van der Waals surface area contributed by atoms with Gasteiger partial charge in [0.15, 0.2) is 5.17 Å². The van der Waals surface area contributed by atoms with Crippen molar-refractivity contribution in [3.63, 3.8) is 0 Å². The molecule has 0 saturated carbocycles.